The fourth-order valence-electron chi connectivity index (χ4n) is 2.19. The monoisotopic (exact) mass is 279 g/mol. The molecular weight excluding hydrogens is 262 g/mol. The molecule has 1 aromatic carbocycles. The average molecular weight is 279 g/mol. The summed E-state index contributed by atoms with van der Waals surface area (Å²) in [6.07, 6.45) is 2.00. The van der Waals surface area contributed by atoms with Gasteiger partial charge in [0.05, 0.1) is 7.11 Å². The largest absolute Gasteiger partial charge is 0.493 e. The van der Waals surface area contributed by atoms with Crippen molar-refractivity contribution in [3.8, 4) is 11.5 Å². The van der Waals surface area contributed by atoms with Crippen LogP contribution >= 0.6 is 0 Å². The van der Waals surface area contributed by atoms with Gasteiger partial charge in [-0.2, -0.15) is 0 Å². The molecule has 6 heteroatoms. The quantitative estimate of drug-likeness (QED) is 0.881. The first-order valence-electron chi connectivity index (χ1n) is 6.44. The normalized spacial score (nSPS) is 14.2. The molecule has 1 aliphatic heterocycles. The van der Waals surface area contributed by atoms with Crippen LogP contribution in [0.25, 0.3) is 0 Å². The van der Waals surface area contributed by atoms with Crippen LogP contribution in [0.1, 0.15) is 23.2 Å². The predicted octanol–water partition coefficient (Wildman–Crippen LogP) is 1.39. The number of carbonyl (C=O) groups is 2. The van der Waals surface area contributed by atoms with Crippen LogP contribution in [0, 0.1) is 0 Å². The first kappa shape index (κ1) is 14.2. The van der Waals surface area contributed by atoms with Gasteiger partial charge in [-0.05, 0) is 25.0 Å². The smallest absolute Gasteiger partial charge is 0.339 e. The predicted molar refractivity (Wildman–Crippen MR) is 71.3 cm³/mol. The summed E-state index contributed by atoms with van der Waals surface area (Å²) in [6, 6.07) is 4.58. The van der Waals surface area contributed by atoms with E-state index in [1.54, 1.807) is 17.0 Å². The second-order valence-electron chi connectivity index (χ2n) is 4.52. The number of para-hydroxylation sites is 1. The van der Waals surface area contributed by atoms with E-state index in [4.69, 9.17) is 14.6 Å². The van der Waals surface area contributed by atoms with Crippen molar-refractivity contribution in [3.05, 3.63) is 23.8 Å². The molecule has 6 nitrogen and oxygen atoms in total. The van der Waals surface area contributed by atoms with E-state index in [1.165, 1.54) is 13.2 Å². The topological polar surface area (TPSA) is 76.1 Å². The summed E-state index contributed by atoms with van der Waals surface area (Å²) in [4.78, 5) is 24.8. The van der Waals surface area contributed by atoms with Gasteiger partial charge < -0.3 is 19.5 Å². The zero-order chi connectivity index (χ0) is 14.5. The highest BCUT2D eigenvalue weighted by Crippen LogP contribution is 2.31. The number of rotatable bonds is 5. The maximum absolute atomic E-state index is 11.9. The SMILES string of the molecule is COc1cccc(C(=O)O)c1OCC(=O)N1CCCC1. The minimum Gasteiger partial charge on any atom is -0.493 e. The highest BCUT2D eigenvalue weighted by Gasteiger charge is 2.21. The summed E-state index contributed by atoms with van der Waals surface area (Å²) in [5, 5.41) is 9.13. The highest BCUT2D eigenvalue weighted by molar-refractivity contribution is 5.92. The molecule has 1 heterocycles. The summed E-state index contributed by atoms with van der Waals surface area (Å²) in [6.45, 7) is 1.29. The van der Waals surface area contributed by atoms with Crippen molar-refractivity contribution >= 4 is 11.9 Å². The molecule has 0 spiro atoms. The van der Waals surface area contributed by atoms with Crippen molar-refractivity contribution in [2.75, 3.05) is 26.8 Å². The van der Waals surface area contributed by atoms with Gasteiger partial charge in [-0.1, -0.05) is 6.07 Å². The molecule has 20 heavy (non-hydrogen) atoms. The second-order valence-corrected chi connectivity index (χ2v) is 4.52. The molecule has 1 N–H and O–H groups in total. The van der Waals surface area contributed by atoms with Crippen LogP contribution < -0.4 is 9.47 Å². The molecule has 0 aromatic heterocycles. The molecule has 1 aliphatic rings. The number of carboxylic acids is 1. The maximum atomic E-state index is 11.9. The first-order valence-corrected chi connectivity index (χ1v) is 6.44. The Bertz CT molecular complexity index is 508. The zero-order valence-corrected chi connectivity index (χ0v) is 11.3. The standard InChI is InChI=1S/C14H17NO5/c1-19-11-6-4-5-10(14(17)18)13(11)20-9-12(16)15-7-2-3-8-15/h4-6H,2-3,7-9H2,1H3,(H,17,18). The van der Waals surface area contributed by atoms with Crippen molar-refractivity contribution < 1.29 is 24.2 Å². The lowest BCUT2D eigenvalue weighted by atomic mass is 10.2. The van der Waals surface area contributed by atoms with Crippen LogP contribution in [0.5, 0.6) is 11.5 Å². The molecule has 108 valence electrons. The first-order chi connectivity index (χ1) is 9.63. The van der Waals surface area contributed by atoms with Crippen molar-refractivity contribution in [2.24, 2.45) is 0 Å². The Labute approximate surface area is 116 Å². The molecule has 1 amide bonds. The van der Waals surface area contributed by atoms with Gasteiger partial charge in [0.15, 0.2) is 18.1 Å². The Hall–Kier alpha value is -2.24. The van der Waals surface area contributed by atoms with E-state index in [2.05, 4.69) is 0 Å². The number of benzene rings is 1. The molecule has 0 saturated carbocycles. The third-order valence-electron chi connectivity index (χ3n) is 3.23. The third-order valence-corrected chi connectivity index (χ3v) is 3.23. The van der Waals surface area contributed by atoms with Crippen molar-refractivity contribution in [2.45, 2.75) is 12.8 Å². The van der Waals surface area contributed by atoms with Gasteiger partial charge in [-0.3, -0.25) is 4.79 Å². The van der Waals surface area contributed by atoms with Crippen LogP contribution in [0.15, 0.2) is 18.2 Å². The minimum atomic E-state index is -1.12. The summed E-state index contributed by atoms with van der Waals surface area (Å²) in [7, 11) is 1.43. The van der Waals surface area contributed by atoms with Gasteiger partial charge in [0.1, 0.15) is 5.56 Å². The molecule has 0 unspecified atom stereocenters. The van der Waals surface area contributed by atoms with Gasteiger partial charge >= 0.3 is 5.97 Å². The molecule has 1 fully saturated rings. The zero-order valence-electron chi connectivity index (χ0n) is 11.3. The number of methoxy groups -OCH3 is 1. The number of hydrogen-bond acceptors (Lipinski definition) is 4. The molecule has 0 atom stereocenters. The second kappa shape index (κ2) is 6.27. The lowest BCUT2D eigenvalue weighted by Gasteiger charge is -2.17. The molecule has 2 rings (SSSR count). The van der Waals surface area contributed by atoms with Crippen LogP contribution in [0.4, 0.5) is 0 Å². The van der Waals surface area contributed by atoms with E-state index in [0.29, 0.717) is 5.75 Å². The van der Waals surface area contributed by atoms with Crippen molar-refractivity contribution in [1.29, 1.82) is 0 Å². The molecular formula is C14H17NO5. The van der Waals surface area contributed by atoms with Crippen LogP contribution in [0.2, 0.25) is 0 Å². The van der Waals surface area contributed by atoms with E-state index in [-0.39, 0.29) is 23.8 Å². The van der Waals surface area contributed by atoms with Crippen LogP contribution in [-0.2, 0) is 4.79 Å². The number of carboxylic acid groups (broad SMARTS) is 1. The lowest BCUT2D eigenvalue weighted by molar-refractivity contribution is -0.132. The molecule has 0 bridgehead atoms. The number of hydrogen-bond donors (Lipinski definition) is 1. The summed E-state index contributed by atoms with van der Waals surface area (Å²) in [5.41, 5.74) is -0.0152. The lowest BCUT2D eigenvalue weighted by Crippen LogP contribution is -2.32. The molecule has 0 aliphatic carbocycles. The Morgan fingerprint density at radius 3 is 2.60 bits per heavy atom. The number of ether oxygens (including phenoxy) is 2. The molecule has 1 aromatic rings. The number of carbonyl (C=O) groups excluding carboxylic acids is 1. The number of amides is 1. The summed E-state index contributed by atoms with van der Waals surface area (Å²) >= 11 is 0. The van der Waals surface area contributed by atoms with Crippen molar-refractivity contribution in [3.63, 3.8) is 0 Å². The Morgan fingerprint density at radius 2 is 2.00 bits per heavy atom. The fraction of sp³-hybridized carbons (Fsp3) is 0.429. The number of aromatic carboxylic acids is 1. The van der Waals surface area contributed by atoms with Crippen LogP contribution in [-0.4, -0.2) is 48.7 Å². The summed E-state index contributed by atoms with van der Waals surface area (Å²) in [5.74, 6) is -0.855. The van der Waals surface area contributed by atoms with Gasteiger partial charge in [0.2, 0.25) is 0 Å². The van der Waals surface area contributed by atoms with E-state index >= 15 is 0 Å². The van der Waals surface area contributed by atoms with E-state index in [9.17, 15) is 9.59 Å². The minimum absolute atomic E-state index is 0.0152. The van der Waals surface area contributed by atoms with E-state index in [0.717, 1.165) is 25.9 Å². The summed E-state index contributed by atoms with van der Waals surface area (Å²) < 4.78 is 10.5. The molecule has 0 radical (unpaired) electrons. The highest BCUT2D eigenvalue weighted by atomic mass is 16.5. The van der Waals surface area contributed by atoms with Crippen molar-refractivity contribution in [1.82, 2.24) is 4.90 Å². The van der Waals surface area contributed by atoms with Gasteiger partial charge in [-0.15, -0.1) is 0 Å². The number of likely N-dealkylation sites (tertiary alicyclic amines) is 1. The Balaban J connectivity index is 2.11. The van der Waals surface area contributed by atoms with E-state index < -0.39 is 5.97 Å². The Morgan fingerprint density at radius 1 is 1.30 bits per heavy atom. The third kappa shape index (κ3) is 3.01. The van der Waals surface area contributed by atoms with Gasteiger partial charge in [0, 0.05) is 13.1 Å². The van der Waals surface area contributed by atoms with Gasteiger partial charge in [-0.25, -0.2) is 4.79 Å². The average Bonchev–Trinajstić information content (AvgIpc) is 2.98. The fourth-order valence-corrected chi connectivity index (χ4v) is 2.19. The van der Waals surface area contributed by atoms with Gasteiger partial charge in [0.25, 0.3) is 5.91 Å². The Kier molecular flexibility index (Phi) is 4.45. The van der Waals surface area contributed by atoms with Crippen LogP contribution in [0.3, 0.4) is 0 Å². The molecule has 1 saturated heterocycles. The maximum Gasteiger partial charge on any atom is 0.339 e. The van der Waals surface area contributed by atoms with E-state index in [1.807, 2.05) is 0 Å². The number of nitrogens with zero attached hydrogens (tertiary/aromatic N) is 1.